The van der Waals surface area contributed by atoms with E-state index in [1.165, 1.54) is 36.4 Å². The van der Waals surface area contributed by atoms with Gasteiger partial charge in [0.15, 0.2) is 6.61 Å². The fraction of sp³-hybridized carbons (Fsp3) is 0.111. The molecule has 1 aliphatic rings. The van der Waals surface area contributed by atoms with E-state index >= 15 is 0 Å². The monoisotopic (exact) mass is 536 g/mol. The number of carbonyl (C=O) groups is 4. The molecule has 1 heterocycles. The van der Waals surface area contributed by atoms with Gasteiger partial charge in [-0.1, -0.05) is 41.9 Å². The molecule has 38 heavy (non-hydrogen) atoms. The van der Waals surface area contributed by atoms with Crippen LogP contribution in [0, 0.1) is 12.7 Å². The van der Waals surface area contributed by atoms with Crippen LogP contribution >= 0.6 is 11.6 Å². The van der Waals surface area contributed by atoms with E-state index in [9.17, 15) is 23.6 Å². The molecule has 4 rings (SSSR count). The highest BCUT2D eigenvalue weighted by Crippen LogP contribution is 2.27. The summed E-state index contributed by atoms with van der Waals surface area (Å²) in [7, 11) is 0. The highest BCUT2D eigenvalue weighted by atomic mass is 35.5. The molecule has 0 atom stereocenters. The number of anilines is 2. The first-order valence-corrected chi connectivity index (χ1v) is 11.7. The Morgan fingerprint density at radius 2 is 1.82 bits per heavy atom. The van der Waals surface area contributed by atoms with Gasteiger partial charge in [-0.2, -0.15) is 0 Å². The van der Waals surface area contributed by atoms with Crippen molar-refractivity contribution < 1.29 is 28.3 Å². The van der Waals surface area contributed by atoms with Crippen LogP contribution in [0.5, 0.6) is 5.75 Å². The zero-order valence-electron chi connectivity index (χ0n) is 20.1. The van der Waals surface area contributed by atoms with Gasteiger partial charge in [-0.3, -0.25) is 14.4 Å². The number of halogens is 2. The van der Waals surface area contributed by atoms with Crippen LogP contribution in [0.4, 0.5) is 20.6 Å². The predicted octanol–water partition coefficient (Wildman–Crippen LogP) is 4.34. The summed E-state index contributed by atoms with van der Waals surface area (Å²) >= 11 is 6.25. The molecular weight excluding hydrogens is 515 g/mol. The van der Waals surface area contributed by atoms with E-state index < -0.39 is 42.7 Å². The predicted molar refractivity (Wildman–Crippen MR) is 140 cm³/mol. The summed E-state index contributed by atoms with van der Waals surface area (Å²) in [6, 6.07) is 16.6. The van der Waals surface area contributed by atoms with Crippen LogP contribution in [0.15, 0.2) is 72.4 Å². The maximum atomic E-state index is 13.7. The lowest BCUT2D eigenvalue weighted by molar-refractivity contribution is -0.127. The Labute approximate surface area is 222 Å². The van der Waals surface area contributed by atoms with Crippen LogP contribution in [-0.2, 0) is 14.4 Å². The lowest BCUT2D eigenvalue weighted by Gasteiger charge is -2.12. The Bertz CT molecular complexity index is 1460. The number of aryl methyl sites for hydroxylation is 1. The summed E-state index contributed by atoms with van der Waals surface area (Å²) in [5, 5.41) is 7.64. The number of nitrogens with zero attached hydrogens (tertiary/aromatic N) is 1. The third kappa shape index (κ3) is 6.54. The lowest BCUT2D eigenvalue weighted by Crippen LogP contribution is -2.38. The first-order chi connectivity index (χ1) is 18.2. The molecule has 9 nitrogen and oxygen atoms in total. The average Bonchev–Trinajstić information content (AvgIpc) is 3.12. The van der Waals surface area contributed by atoms with Gasteiger partial charge in [0.05, 0.1) is 10.7 Å². The number of hydrogen-bond acceptors (Lipinski definition) is 5. The molecule has 0 radical (unpaired) electrons. The van der Waals surface area contributed by atoms with Gasteiger partial charge in [-0.05, 0) is 60.5 Å². The zero-order chi connectivity index (χ0) is 27.2. The molecule has 0 aromatic heterocycles. The molecule has 194 valence electrons. The molecule has 0 aliphatic carbocycles. The van der Waals surface area contributed by atoms with Gasteiger partial charge < -0.3 is 20.7 Å². The molecular formula is C27H22ClFN4O5. The van der Waals surface area contributed by atoms with Crippen LogP contribution in [0.25, 0.3) is 6.08 Å². The van der Waals surface area contributed by atoms with Crippen LogP contribution in [-0.4, -0.2) is 41.8 Å². The second kappa shape index (κ2) is 11.6. The molecule has 0 bridgehead atoms. The van der Waals surface area contributed by atoms with Crippen molar-refractivity contribution >= 4 is 52.8 Å². The molecule has 3 aromatic carbocycles. The topological polar surface area (TPSA) is 117 Å². The van der Waals surface area contributed by atoms with E-state index in [2.05, 4.69) is 16.0 Å². The van der Waals surface area contributed by atoms with E-state index in [1.54, 1.807) is 30.3 Å². The standard InChI is InChI=1S/C27H22ClFN4O5/c1-16-5-4-6-18(11-16)30-24(34)14-33-26(36)22(32-27(33)37)13-17-9-10-23(19(28)12-17)38-15-25(35)31-21-8-3-2-7-20(21)29/h2-13H,14-15H2,1H3,(H,30,34)(H,31,35)(H,32,37)/b22-13-. The molecule has 0 spiro atoms. The highest BCUT2D eigenvalue weighted by Gasteiger charge is 2.35. The first kappa shape index (κ1) is 26.4. The molecule has 0 saturated carbocycles. The van der Waals surface area contributed by atoms with Crippen LogP contribution in [0.1, 0.15) is 11.1 Å². The van der Waals surface area contributed by atoms with E-state index in [-0.39, 0.29) is 22.2 Å². The van der Waals surface area contributed by atoms with Crippen molar-refractivity contribution in [2.24, 2.45) is 0 Å². The Kier molecular flexibility index (Phi) is 8.03. The maximum absolute atomic E-state index is 13.7. The summed E-state index contributed by atoms with van der Waals surface area (Å²) in [5.41, 5.74) is 1.96. The molecule has 11 heteroatoms. The van der Waals surface area contributed by atoms with Crippen molar-refractivity contribution in [2.45, 2.75) is 6.92 Å². The number of ether oxygens (including phenoxy) is 1. The van der Waals surface area contributed by atoms with Gasteiger partial charge in [0, 0.05) is 5.69 Å². The van der Waals surface area contributed by atoms with Crippen molar-refractivity contribution in [3.63, 3.8) is 0 Å². The number of carbonyl (C=O) groups excluding carboxylic acids is 4. The summed E-state index contributed by atoms with van der Waals surface area (Å²) in [6.45, 7) is 1.00. The van der Waals surface area contributed by atoms with Crippen LogP contribution in [0.2, 0.25) is 5.02 Å². The minimum absolute atomic E-state index is 0.0270. The summed E-state index contributed by atoms with van der Waals surface area (Å²) in [5.74, 6) is -2.16. The molecule has 1 fully saturated rings. The number of amides is 5. The quantitative estimate of drug-likeness (QED) is 0.292. The third-order valence-electron chi connectivity index (χ3n) is 5.34. The number of nitrogens with one attached hydrogen (secondary N) is 3. The van der Waals surface area contributed by atoms with Crippen LogP contribution < -0.4 is 20.7 Å². The van der Waals surface area contributed by atoms with Crippen molar-refractivity contribution in [3.05, 3.63) is 94.4 Å². The zero-order valence-corrected chi connectivity index (χ0v) is 20.8. The molecule has 3 N–H and O–H groups in total. The number of imide groups is 1. The Balaban J connectivity index is 1.35. The highest BCUT2D eigenvalue weighted by molar-refractivity contribution is 6.32. The summed E-state index contributed by atoms with van der Waals surface area (Å²) < 4.78 is 19.1. The SMILES string of the molecule is Cc1cccc(NC(=O)CN2C(=O)N/C(=C\c3ccc(OCC(=O)Nc4ccccc4F)c(Cl)c3)C2=O)c1. The van der Waals surface area contributed by atoms with Crippen molar-refractivity contribution in [2.75, 3.05) is 23.8 Å². The molecule has 1 aliphatic heterocycles. The fourth-order valence-corrected chi connectivity index (χ4v) is 3.81. The maximum Gasteiger partial charge on any atom is 0.329 e. The van der Waals surface area contributed by atoms with E-state index in [0.29, 0.717) is 11.3 Å². The Morgan fingerprint density at radius 1 is 1.03 bits per heavy atom. The minimum Gasteiger partial charge on any atom is -0.482 e. The number of para-hydroxylation sites is 1. The van der Waals surface area contributed by atoms with E-state index in [4.69, 9.17) is 16.3 Å². The fourth-order valence-electron chi connectivity index (χ4n) is 3.56. The molecule has 0 unspecified atom stereocenters. The number of benzene rings is 3. The second-order valence-electron chi connectivity index (χ2n) is 8.30. The Hall–Kier alpha value is -4.70. The normalized spacial score (nSPS) is 13.9. The summed E-state index contributed by atoms with van der Waals surface area (Å²) in [6.07, 6.45) is 1.40. The van der Waals surface area contributed by atoms with Gasteiger partial charge >= 0.3 is 6.03 Å². The number of urea groups is 1. The molecule has 5 amide bonds. The van der Waals surface area contributed by atoms with Crippen LogP contribution in [0.3, 0.4) is 0 Å². The molecule has 1 saturated heterocycles. The minimum atomic E-state index is -0.729. The van der Waals surface area contributed by atoms with Crippen molar-refractivity contribution in [3.8, 4) is 5.75 Å². The van der Waals surface area contributed by atoms with Gasteiger partial charge in [0.2, 0.25) is 5.91 Å². The number of rotatable bonds is 8. The summed E-state index contributed by atoms with van der Waals surface area (Å²) in [4.78, 5) is 50.3. The van der Waals surface area contributed by atoms with Gasteiger partial charge in [0.25, 0.3) is 11.8 Å². The second-order valence-corrected chi connectivity index (χ2v) is 8.71. The van der Waals surface area contributed by atoms with E-state index in [0.717, 1.165) is 10.5 Å². The number of hydrogen-bond donors (Lipinski definition) is 3. The van der Waals surface area contributed by atoms with Crippen molar-refractivity contribution in [1.29, 1.82) is 0 Å². The largest absolute Gasteiger partial charge is 0.482 e. The van der Waals surface area contributed by atoms with Gasteiger partial charge in [-0.25, -0.2) is 14.1 Å². The smallest absolute Gasteiger partial charge is 0.329 e. The Morgan fingerprint density at radius 3 is 2.55 bits per heavy atom. The molecule has 3 aromatic rings. The lowest BCUT2D eigenvalue weighted by atomic mass is 10.2. The van der Waals surface area contributed by atoms with Crippen molar-refractivity contribution in [1.82, 2.24) is 10.2 Å². The first-order valence-electron chi connectivity index (χ1n) is 11.4. The van der Waals surface area contributed by atoms with E-state index in [1.807, 2.05) is 13.0 Å². The average molecular weight is 537 g/mol. The third-order valence-corrected chi connectivity index (χ3v) is 5.63. The van der Waals surface area contributed by atoms with Gasteiger partial charge in [0.1, 0.15) is 23.8 Å². The van der Waals surface area contributed by atoms with Gasteiger partial charge in [-0.15, -0.1) is 0 Å².